The molecule has 0 spiro atoms. The maximum absolute atomic E-state index is 11.7. The molecule has 1 amide bonds. The zero-order valence-corrected chi connectivity index (χ0v) is 19.2. The van der Waals surface area contributed by atoms with Gasteiger partial charge >= 0.3 is 0 Å². The first-order valence-corrected chi connectivity index (χ1v) is 11.7. The molecule has 2 aromatic heterocycles. The number of para-hydroxylation sites is 1. The Kier molecular flexibility index (Phi) is 5.13. The van der Waals surface area contributed by atoms with Crippen molar-refractivity contribution in [1.29, 1.82) is 0 Å². The summed E-state index contributed by atoms with van der Waals surface area (Å²) >= 11 is 0. The van der Waals surface area contributed by atoms with Crippen molar-refractivity contribution in [3.05, 3.63) is 60.4 Å². The zero-order chi connectivity index (χ0) is 23.9. The standard InChI is InChI=1S/C25H26N8O2/c26-21(35)15-32-16-27-22-23(32)28-25(29-24(22)33-10-9-17-3-1-2-4-20(17)33)31-13-11-30(12-14-31)18-5-7-19(34)8-6-18/h1-8,16,34H,9-15H2,(H2,26,35). The van der Waals surface area contributed by atoms with Crippen LogP contribution in [-0.4, -0.2) is 63.3 Å². The van der Waals surface area contributed by atoms with Crippen LogP contribution in [0.4, 0.5) is 23.1 Å². The van der Waals surface area contributed by atoms with E-state index in [4.69, 9.17) is 15.7 Å². The lowest BCUT2D eigenvalue weighted by molar-refractivity contribution is -0.118. The second-order valence-corrected chi connectivity index (χ2v) is 8.88. The normalized spacial score (nSPS) is 15.6. The molecule has 35 heavy (non-hydrogen) atoms. The summed E-state index contributed by atoms with van der Waals surface area (Å²) < 4.78 is 1.70. The van der Waals surface area contributed by atoms with Gasteiger partial charge in [0.15, 0.2) is 17.0 Å². The number of primary amides is 1. The van der Waals surface area contributed by atoms with Crippen molar-refractivity contribution < 1.29 is 9.90 Å². The average Bonchev–Trinajstić information content (AvgIpc) is 3.48. The number of fused-ring (bicyclic) bond motifs is 2. The minimum absolute atomic E-state index is 0.0115. The molecule has 2 aliphatic heterocycles. The van der Waals surface area contributed by atoms with E-state index in [1.54, 1.807) is 23.0 Å². The molecule has 1 fully saturated rings. The third kappa shape index (κ3) is 3.86. The molecule has 0 saturated carbocycles. The molecule has 0 unspecified atom stereocenters. The van der Waals surface area contributed by atoms with Gasteiger partial charge in [0.2, 0.25) is 11.9 Å². The number of benzene rings is 2. The minimum atomic E-state index is -0.444. The summed E-state index contributed by atoms with van der Waals surface area (Å²) in [4.78, 5) is 32.7. The summed E-state index contributed by atoms with van der Waals surface area (Å²) in [5.74, 6) is 1.19. The van der Waals surface area contributed by atoms with Gasteiger partial charge in [0.25, 0.3) is 0 Å². The summed E-state index contributed by atoms with van der Waals surface area (Å²) in [6.07, 6.45) is 2.55. The van der Waals surface area contributed by atoms with Gasteiger partial charge in [-0.3, -0.25) is 4.79 Å². The second kappa shape index (κ2) is 8.46. The minimum Gasteiger partial charge on any atom is -0.508 e. The number of carbonyl (C=O) groups excluding carboxylic acids is 1. The van der Waals surface area contributed by atoms with Crippen LogP contribution >= 0.6 is 0 Å². The third-order valence-corrected chi connectivity index (χ3v) is 6.68. The van der Waals surface area contributed by atoms with E-state index in [1.807, 2.05) is 18.2 Å². The summed E-state index contributed by atoms with van der Waals surface area (Å²) in [7, 11) is 0. The smallest absolute Gasteiger partial charge is 0.237 e. The molecule has 0 aliphatic carbocycles. The molecule has 4 aromatic rings. The summed E-state index contributed by atoms with van der Waals surface area (Å²) in [6.45, 7) is 3.90. The van der Waals surface area contributed by atoms with Crippen LogP contribution in [0.1, 0.15) is 5.56 Å². The fourth-order valence-electron chi connectivity index (χ4n) is 4.92. The highest BCUT2D eigenvalue weighted by atomic mass is 16.3. The fourth-order valence-corrected chi connectivity index (χ4v) is 4.92. The summed E-state index contributed by atoms with van der Waals surface area (Å²) in [6, 6.07) is 15.6. The SMILES string of the molecule is NC(=O)Cn1cnc2c(N3CCc4ccccc43)nc(N3CCN(c4ccc(O)cc4)CC3)nc21. The number of phenols is 1. The van der Waals surface area contributed by atoms with Gasteiger partial charge in [-0.2, -0.15) is 9.97 Å². The largest absolute Gasteiger partial charge is 0.508 e. The highest BCUT2D eigenvalue weighted by molar-refractivity contribution is 5.89. The molecule has 4 heterocycles. The number of phenolic OH excluding ortho intramolecular Hbond substituents is 1. The number of piperazine rings is 1. The lowest BCUT2D eigenvalue weighted by Gasteiger charge is -2.36. The number of amides is 1. The molecule has 10 nitrogen and oxygen atoms in total. The Balaban J connectivity index is 1.35. The van der Waals surface area contributed by atoms with Crippen LogP contribution in [0, 0.1) is 0 Å². The Morgan fingerprint density at radius 1 is 0.943 bits per heavy atom. The number of rotatable bonds is 5. The molecular weight excluding hydrogens is 444 g/mol. The van der Waals surface area contributed by atoms with Gasteiger partial charge in [0.1, 0.15) is 12.3 Å². The molecule has 3 N–H and O–H groups in total. The number of imidazole rings is 1. The van der Waals surface area contributed by atoms with Crippen molar-refractivity contribution in [2.75, 3.05) is 47.4 Å². The van der Waals surface area contributed by atoms with Crippen LogP contribution in [0.25, 0.3) is 11.2 Å². The predicted molar refractivity (Wildman–Crippen MR) is 134 cm³/mol. The maximum atomic E-state index is 11.7. The van der Waals surface area contributed by atoms with Crippen molar-refractivity contribution in [3.63, 3.8) is 0 Å². The van der Waals surface area contributed by atoms with E-state index in [-0.39, 0.29) is 12.3 Å². The van der Waals surface area contributed by atoms with E-state index in [0.717, 1.165) is 56.3 Å². The molecule has 2 aliphatic rings. The van der Waals surface area contributed by atoms with Gasteiger partial charge in [0, 0.05) is 44.1 Å². The van der Waals surface area contributed by atoms with E-state index in [2.05, 4.69) is 37.9 Å². The lowest BCUT2D eigenvalue weighted by atomic mass is 10.2. The van der Waals surface area contributed by atoms with Crippen LogP contribution in [0.15, 0.2) is 54.9 Å². The lowest BCUT2D eigenvalue weighted by Crippen LogP contribution is -2.47. The Labute approximate surface area is 202 Å². The number of nitrogens with zero attached hydrogens (tertiary/aromatic N) is 7. The van der Waals surface area contributed by atoms with E-state index in [1.165, 1.54) is 5.56 Å². The third-order valence-electron chi connectivity index (χ3n) is 6.68. The van der Waals surface area contributed by atoms with Crippen molar-refractivity contribution in [3.8, 4) is 5.75 Å². The number of nitrogens with two attached hydrogens (primary N) is 1. The number of aromatic nitrogens is 4. The van der Waals surface area contributed by atoms with Crippen LogP contribution in [-0.2, 0) is 17.8 Å². The first-order chi connectivity index (χ1) is 17.1. The first-order valence-electron chi connectivity index (χ1n) is 11.7. The van der Waals surface area contributed by atoms with Gasteiger partial charge in [0.05, 0.1) is 6.33 Å². The van der Waals surface area contributed by atoms with Gasteiger partial charge < -0.3 is 30.1 Å². The summed E-state index contributed by atoms with van der Waals surface area (Å²) in [5.41, 5.74) is 10.2. The number of hydrogen-bond donors (Lipinski definition) is 2. The van der Waals surface area contributed by atoms with Crippen molar-refractivity contribution in [2.45, 2.75) is 13.0 Å². The Morgan fingerprint density at radius 3 is 2.46 bits per heavy atom. The Morgan fingerprint density at radius 2 is 1.69 bits per heavy atom. The quantitative estimate of drug-likeness (QED) is 0.455. The van der Waals surface area contributed by atoms with Gasteiger partial charge in [-0.1, -0.05) is 18.2 Å². The van der Waals surface area contributed by atoms with Crippen LogP contribution < -0.4 is 20.4 Å². The molecule has 178 valence electrons. The van der Waals surface area contributed by atoms with Crippen molar-refractivity contribution in [1.82, 2.24) is 19.5 Å². The topological polar surface area (TPSA) is 117 Å². The van der Waals surface area contributed by atoms with Crippen molar-refractivity contribution in [2.24, 2.45) is 5.73 Å². The van der Waals surface area contributed by atoms with Gasteiger partial charge in [-0.15, -0.1) is 0 Å². The number of anilines is 4. The Hall–Kier alpha value is -4.34. The first kappa shape index (κ1) is 21.2. The van der Waals surface area contributed by atoms with Crippen LogP contribution in [0.5, 0.6) is 5.75 Å². The van der Waals surface area contributed by atoms with Crippen molar-refractivity contribution >= 4 is 40.2 Å². The molecule has 10 heteroatoms. The number of aromatic hydroxyl groups is 1. The zero-order valence-electron chi connectivity index (χ0n) is 19.2. The van der Waals surface area contributed by atoms with Gasteiger partial charge in [-0.25, -0.2) is 4.98 Å². The average molecular weight is 471 g/mol. The maximum Gasteiger partial charge on any atom is 0.237 e. The highest BCUT2D eigenvalue weighted by Crippen LogP contribution is 2.37. The summed E-state index contributed by atoms with van der Waals surface area (Å²) in [5, 5.41) is 9.59. The second-order valence-electron chi connectivity index (χ2n) is 8.88. The molecule has 0 bridgehead atoms. The Bertz CT molecular complexity index is 1390. The number of hydrogen-bond acceptors (Lipinski definition) is 8. The van der Waals surface area contributed by atoms with Crippen LogP contribution in [0.2, 0.25) is 0 Å². The molecule has 1 saturated heterocycles. The van der Waals surface area contributed by atoms with E-state index in [9.17, 15) is 9.90 Å². The van der Waals surface area contributed by atoms with Gasteiger partial charge in [-0.05, 0) is 42.3 Å². The molecular formula is C25H26N8O2. The monoisotopic (exact) mass is 470 g/mol. The molecule has 2 aromatic carbocycles. The number of carbonyl (C=O) groups is 1. The van der Waals surface area contributed by atoms with Crippen LogP contribution in [0.3, 0.4) is 0 Å². The molecule has 0 radical (unpaired) electrons. The predicted octanol–water partition coefficient (Wildman–Crippen LogP) is 2.04. The van der Waals surface area contributed by atoms with E-state index in [0.29, 0.717) is 17.1 Å². The van der Waals surface area contributed by atoms with E-state index >= 15 is 0 Å². The van der Waals surface area contributed by atoms with E-state index < -0.39 is 5.91 Å². The molecule has 0 atom stereocenters. The molecule has 6 rings (SSSR count). The highest BCUT2D eigenvalue weighted by Gasteiger charge is 2.28. The fraction of sp³-hybridized carbons (Fsp3) is 0.280.